The summed E-state index contributed by atoms with van der Waals surface area (Å²) in [5.41, 5.74) is 2.10. The van der Waals surface area contributed by atoms with Crippen LogP contribution in [0.1, 0.15) is 56.9 Å². The average molecular weight is 609 g/mol. The van der Waals surface area contributed by atoms with Crippen LogP contribution in [0.4, 0.5) is 0 Å². The second kappa shape index (κ2) is 10.8. The maximum atomic E-state index is 13.7. The van der Waals surface area contributed by atoms with Crippen molar-refractivity contribution < 1.29 is 14.7 Å². The van der Waals surface area contributed by atoms with Crippen molar-refractivity contribution in [1.82, 2.24) is 25.5 Å². The lowest BCUT2D eigenvalue weighted by atomic mass is 9.85. The molecule has 0 saturated heterocycles. The largest absolute Gasteiger partial charge is 0.481 e. The normalized spacial score (nSPS) is 17.2. The summed E-state index contributed by atoms with van der Waals surface area (Å²) in [4.78, 5) is 29.0. The first-order valence-electron chi connectivity index (χ1n) is 13.5. The fourth-order valence-electron chi connectivity index (χ4n) is 6.27. The van der Waals surface area contributed by atoms with E-state index in [1.165, 1.54) is 0 Å². The molecule has 0 aliphatic heterocycles. The number of rotatable bonds is 8. The number of tetrazole rings is 1. The van der Waals surface area contributed by atoms with E-state index >= 15 is 0 Å². The predicted molar refractivity (Wildman–Crippen MR) is 154 cm³/mol. The van der Waals surface area contributed by atoms with E-state index in [9.17, 15) is 14.7 Å². The predicted octanol–water partition coefficient (Wildman–Crippen LogP) is 6.67. The first kappa shape index (κ1) is 26.1. The number of nitrogens with zero attached hydrogens (tertiary/aromatic N) is 4. The van der Waals surface area contributed by atoms with Gasteiger partial charge in [-0.2, -0.15) is 0 Å². The standard InChI is InChI=1S/C29H30BrN5O3S/c30-24-22-15-18(11-12-23(22)39-25(24)20-9-3-4-10-21(20)26-31-33-34-32-26)16-35(27(36)19-7-1-2-8-19)17-29(28(37)38)13-5-6-14-29/h3-4,9-12,15,19H,1-2,5-8,13-14,16-17H2,(H,37,38)(H,31,32,33,34). The molecule has 2 fully saturated rings. The van der Waals surface area contributed by atoms with E-state index < -0.39 is 11.4 Å². The highest BCUT2D eigenvalue weighted by molar-refractivity contribution is 9.10. The van der Waals surface area contributed by atoms with Gasteiger partial charge in [0.2, 0.25) is 5.91 Å². The molecule has 0 radical (unpaired) electrons. The number of aromatic amines is 1. The number of amides is 1. The van der Waals surface area contributed by atoms with Crippen molar-refractivity contribution in [2.75, 3.05) is 6.54 Å². The highest BCUT2D eigenvalue weighted by Gasteiger charge is 2.44. The molecule has 0 bridgehead atoms. The molecule has 0 spiro atoms. The molecule has 6 rings (SSSR count). The minimum Gasteiger partial charge on any atom is -0.481 e. The van der Waals surface area contributed by atoms with Gasteiger partial charge in [0.25, 0.3) is 0 Å². The van der Waals surface area contributed by atoms with Gasteiger partial charge in [-0.25, -0.2) is 5.10 Å². The lowest BCUT2D eigenvalue weighted by Crippen LogP contribution is -2.45. The number of carbonyl (C=O) groups is 2. The van der Waals surface area contributed by atoms with Gasteiger partial charge in [0, 0.05) is 44.7 Å². The molecule has 0 unspecified atom stereocenters. The zero-order chi connectivity index (χ0) is 27.0. The van der Waals surface area contributed by atoms with Gasteiger partial charge in [0.1, 0.15) is 0 Å². The Kier molecular flexibility index (Phi) is 7.24. The van der Waals surface area contributed by atoms with Crippen molar-refractivity contribution in [2.24, 2.45) is 11.3 Å². The molecule has 2 aliphatic carbocycles. The lowest BCUT2D eigenvalue weighted by Gasteiger charge is -2.34. The number of nitrogens with one attached hydrogen (secondary N) is 1. The van der Waals surface area contributed by atoms with E-state index in [1.54, 1.807) is 11.3 Å². The lowest BCUT2D eigenvalue weighted by molar-refractivity contribution is -0.152. The summed E-state index contributed by atoms with van der Waals surface area (Å²) in [5, 5.41) is 25.7. The molecule has 2 saturated carbocycles. The van der Waals surface area contributed by atoms with Gasteiger partial charge in [0.15, 0.2) is 5.82 Å². The van der Waals surface area contributed by atoms with Crippen molar-refractivity contribution in [3.05, 3.63) is 52.5 Å². The number of carbonyl (C=O) groups excluding carboxylic acids is 1. The van der Waals surface area contributed by atoms with Crippen LogP contribution in [-0.4, -0.2) is 49.1 Å². The number of benzene rings is 2. The summed E-state index contributed by atoms with van der Waals surface area (Å²) >= 11 is 5.54. The van der Waals surface area contributed by atoms with E-state index in [0.29, 0.717) is 25.2 Å². The summed E-state index contributed by atoms with van der Waals surface area (Å²) in [5.74, 6) is -0.0520. The number of hydrogen-bond acceptors (Lipinski definition) is 6. The van der Waals surface area contributed by atoms with Crippen molar-refractivity contribution in [3.8, 4) is 21.8 Å². The Morgan fingerprint density at radius 2 is 1.82 bits per heavy atom. The highest BCUT2D eigenvalue weighted by atomic mass is 79.9. The number of carboxylic acid groups (broad SMARTS) is 1. The Balaban J connectivity index is 1.34. The Labute approximate surface area is 238 Å². The first-order valence-corrected chi connectivity index (χ1v) is 15.1. The molecular formula is C29H30BrN5O3S. The summed E-state index contributed by atoms with van der Waals surface area (Å²) in [6.45, 7) is 0.697. The van der Waals surface area contributed by atoms with Gasteiger partial charge < -0.3 is 10.0 Å². The summed E-state index contributed by atoms with van der Waals surface area (Å²) in [6, 6.07) is 14.3. The maximum Gasteiger partial charge on any atom is 0.311 e. The third kappa shape index (κ3) is 5.00. The van der Waals surface area contributed by atoms with Crippen molar-refractivity contribution in [1.29, 1.82) is 0 Å². The Morgan fingerprint density at radius 1 is 1.08 bits per heavy atom. The van der Waals surface area contributed by atoms with Crippen molar-refractivity contribution >= 4 is 49.2 Å². The second-order valence-electron chi connectivity index (χ2n) is 10.8. The zero-order valence-electron chi connectivity index (χ0n) is 21.5. The third-order valence-electron chi connectivity index (χ3n) is 8.36. The fourth-order valence-corrected chi connectivity index (χ4v) is 8.30. The summed E-state index contributed by atoms with van der Waals surface area (Å²) in [6.07, 6.45) is 7.00. The molecule has 202 valence electrons. The molecule has 0 atom stereocenters. The Hall–Kier alpha value is -3.11. The van der Waals surface area contributed by atoms with E-state index in [-0.39, 0.29) is 18.4 Å². The van der Waals surface area contributed by atoms with E-state index in [0.717, 1.165) is 74.7 Å². The minimum absolute atomic E-state index is 0.00236. The number of thiophene rings is 1. The smallest absolute Gasteiger partial charge is 0.311 e. The fraction of sp³-hybridized carbons (Fsp3) is 0.414. The Bertz CT molecular complexity index is 1510. The summed E-state index contributed by atoms with van der Waals surface area (Å²) < 4.78 is 2.10. The second-order valence-corrected chi connectivity index (χ2v) is 12.7. The van der Waals surface area contributed by atoms with Gasteiger partial charge in [-0.1, -0.05) is 56.0 Å². The first-order chi connectivity index (χ1) is 18.9. The molecular weight excluding hydrogens is 578 g/mol. The number of aromatic nitrogens is 4. The van der Waals surface area contributed by atoms with Gasteiger partial charge in [-0.05, 0) is 69.7 Å². The molecule has 4 aromatic rings. The van der Waals surface area contributed by atoms with Crippen LogP contribution in [0.5, 0.6) is 0 Å². The van der Waals surface area contributed by atoms with E-state index in [4.69, 9.17) is 0 Å². The number of H-pyrrole nitrogens is 1. The van der Waals surface area contributed by atoms with E-state index in [1.807, 2.05) is 23.1 Å². The molecule has 2 N–H and O–H groups in total. The Morgan fingerprint density at radius 3 is 2.51 bits per heavy atom. The van der Waals surface area contributed by atoms with Crippen LogP contribution in [0, 0.1) is 11.3 Å². The van der Waals surface area contributed by atoms with Gasteiger partial charge >= 0.3 is 5.97 Å². The number of fused-ring (bicyclic) bond motifs is 1. The van der Waals surface area contributed by atoms with Gasteiger partial charge in [0.05, 0.1) is 10.3 Å². The molecule has 10 heteroatoms. The van der Waals surface area contributed by atoms with Crippen molar-refractivity contribution in [2.45, 2.75) is 57.9 Å². The highest BCUT2D eigenvalue weighted by Crippen LogP contribution is 2.45. The molecule has 1 amide bonds. The molecule has 2 aromatic carbocycles. The average Bonchev–Trinajstić information content (AvgIpc) is 3.77. The van der Waals surface area contributed by atoms with Crippen LogP contribution >= 0.6 is 27.3 Å². The SMILES string of the molecule is O=C(C1CCCC1)N(Cc1ccc2sc(-c3ccccc3-c3nnn[nH]3)c(Br)c2c1)CC1(C(=O)O)CCCC1. The van der Waals surface area contributed by atoms with Crippen LogP contribution in [0.2, 0.25) is 0 Å². The third-order valence-corrected chi connectivity index (χ3v) is 10.7. The maximum absolute atomic E-state index is 13.7. The monoisotopic (exact) mass is 607 g/mol. The van der Waals surface area contributed by atoms with E-state index in [2.05, 4.69) is 60.8 Å². The molecule has 2 aliphatic rings. The number of hydrogen-bond donors (Lipinski definition) is 2. The number of aliphatic carboxylic acids is 1. The topological polar surface area (TPSA) is 112 Å². The molecule has 39 heavy (non-hydrogen) atoms. The minimum atomic E-state index is -0.840. The van der Waals surface area contributed by atoms with Crippen LogP contribution in [0.25, 0.3) is 31.9 Å². The van der Waals surface area contributed by atoms with Crippen LogP contribution in [0.3, 0.4) is 0 Å². The van der Waals surface area contributed by atoms with Crippen molar-refractivity contribution in [3.63, 3.8) is 0 Å². The summed E-state index contributed by atoms with van der Waals surface area (Å²) in [7, 11) is 0. The molecule has 2 aromatic heterocycles. The van der Waals surface area contributed by atoms with Gasteiger partial charge in [-0.15, -0.1) is 16.4 Å². The number of carboxylic acids is 1. The zero-order valence-corrected chi connectivity index (χ0v) is 23.9. The number of halogens is 1. The van der Waals surface area contributed by atoms with Crippen LogP contribution < -0.4 is 0 Å². The van der Waals surface area contributed by atoms with Gasteiger partial charge in [-0.3, -0.25) is 9.59 Å². The molecule has 2 heterocycles. The molecule has 8 nitrogen and oxygen atoms in total. The van der Waals surface area contributed by atoms with Crippen LogP contribution in [-0.2, 0) is 16.1 Å². The van der Waals surface area contributed by atoms with Crippen LogP contribution in [0.15, 0.2) is 46.9 Å². The quantitative estimate of drug-likeness (QED) is 0.231.